The molecule has 0 radical (unpaired) electrons. The minimum absolute atomic E-state index is 0.0770. The number of hydrogen-bond donors (Lipinski definition) is 1. The van der Waals surface area contributed by atoms with E-state index in [1.807, 2.05) is 0 Å². The summed E-state index contributed by atoms with van der Waals surface area (Å²) in [5.41, 5.74) is 3.98. The molecule has 208 valence electrons. The van der Waals surface area contributed by atoms with E-state index in [1.54, 1.807) is 20.8 Å². The maximum absolute atomic E-state index is 14.5. The minimum atomic E-state index is -4.35. The lowest BCUT2D eigenvalue weighted by Crippen LogP contribution is -2.42. The van der Waals surface area contributed by atoms with Gasteiger partial charge in [0.1, 0.15) is 24.1 Å². The SMILES string of the molecule is CC1(C)CC(c2cccc(F)c2F)OP(=O)(OC[C@H]2O[C@@H](n3cnc4c(N)ncnc43)[C@]3(C)OC(=O)O[C@H]23)O1. The quantitative estimate of drug-likeness (QED) is 0.350. The molecule has 3 aliphatic heterocycles. The highest BCUT2D eigenvalue weighted by molar-refractivity contribution is 7.48. The largest absolute Gasteiger partial charge is 0.509 e. The van der Waals surface area contributed by atoms with Crippen LogP contribution in [0.1, 0.15) is 45.1 Å². The molecule has 3 aromatic rings. The number of benzene rings is 1. The van der Waals surface area contributed by atoms with Crippen LogP contribution in [0.5, 0.6) is 0 Å². The zero-order valence-electron chi connectivity index (χ0n) is 20.9. The molecule has 39 heavy (non-hydrogen) atoms. The fourth-order valence-electron chi connectivity index (χ4n) is 5.16. The van der Waals surface area contributed by atoms with Gasteiger partial charge in [0.15, 0.2) is 41.0 Å². The topological polar surface area (TPSA) is 159 Å². The van der Waals surface area contributed by atoms with Crippen LogP contribution in [0.2, 0.25) is 0 Å². The van der Waals surface area contributed by atoms with Gasteiger partial charge in [-0.25, -0.2) is 33.1 Å². The Balaban J connectivity index is 1.26. The number of halogens is 2. The Hall–Kier alpha value is -3.23. The zero-order chi connectivity index (χ0) is 27.7. The van der Waals surface area contributed by atoms with E-state index in [9.17, 15) is 18.1 Å². The molecule has 3 saturated heterocycles. The zero-order valence-corrected chi connectivity index (χ0v) is 21.8. The summed E-state index contributed by atoms with van der Waals surface area (Å²) in [6.07, 6.45) is -2.29. The predicted octanol–water partition coefficient (Wildman–Crippen LogP) is 3.96. The van der Waals surface area contributed by atoms with Gasteiger partial charge >= 0.3 is 14.0 Å². The van der Waals surface area contributed by atoms with E-state index in [0.29, 0.717) is 11.2 Å². The van der Waals surface area contributed by atoms with Crippen LogP contribution in [0.3, 0.4) is 0 Å². The Morgan fingerprint density at radius 1 is 1.23 bits per heavy atom. The molecular weight excluding hydrogens is 543 g/mol. The Morgan fingerprint density at radius 2 is 2.03 bits per heavy atom. The van der Waals surface area contributed by atoms with E-state index in [4.69, 9.17) is 33.5 Å². The molecule has 13 nitrogen and oxygen atoms in total. The van der Waals surface area contributed by atoms with Gasteiger partial charge in [-0.1, -0.05) is 12.1 Å². The van der Waals surface area contributed by atoms with E-state index in [-0.39, 0.29) is 17.8 Å². The first kappa shape index (κ1) is 26.0. The third kappa shape index (κ3) is 4.34. The maximum atomic E-state index is 14.5. The molecule has 2 aromatic heterocycles. The van der Waals surface area contributed by atoms with E-state index in [0.717, 1.165) is 6.07 Å². The lowest BCUT2D eigenvalue weighted by Gasteiger charge is -2.39. The predicted molar refractivity (Wildman–Crippen MR) is 127 cm³/mol. The maximum Gasteiger partial charge on any atom is 0.509 e. The summed E-state index contributed by atoms with van der Waals surface area (Å²) in [5, 5.41) is 0. The van der Waals surface area contributed by atoms with Crippen molar-refractivity contribution in [3.8, 4) is 0 Å². The number of carbonyl (C=O) groups is 1. The van der Waals surface area contributed by atoms with Crippen LogP contribution in [-0.2, 0) is 32.3 Å². The molecule has 6 rings (SSSR count). The van der Waals surface area contributed by atoms with Gasteiger partial charge in [-0.2, -0.15) is 0 Å². The summed E-state index contributed by atoms with van der Waals surface area (Å²) < 4.78 is 77.4. The van der Waals surface area contributed by atoms with Crippen molar-refractivity contribution in [3.63, 3.8) is 0 Å². The highest BCUT2D eigenvalue weighted by Crippen LogP contribution is 2.62. The highest BCUT2D eigenvalue weighted by Gasteiger charge is 2.65. The molecule has 2 unspecified atom stereocenters. The summed E-state index contributed by atoms with van der Waals surface area (Å²) in [7, 11) is -4.35. The van der Waals surface area contributed by atoms with Gasteiger partial charge in [0.05, 0.1) is 18.5 Å². The Labute approximate surface area is 220 Å². The van der Waals surface area contributed by atoms with Crippen molar-refractivity contribution >= 4 is 31.0 Å². The van der Waals surface area contributed by atoms with Crippen LogP contribution in [0.15, 0.2) is 30.9 Å². The Morgan fingerprint density at radius 3 is 2.82 bits per heavy atom. The second kappa shape index (κ2) is 8.89. The number of phosphoric ester groups is 1. The number of rotatable bonds is 5. The summed E-state index contributed by atoms with van der Waals surface area (Å²) in [5.74, 6) is -2.03. The van der Waals surface area contributed by atoms with Crippen LogP contribution < -0.4 is 5.73 Å². The molecule has 0 bridgehead atoms. The molecule has 6 atom stereocenters. The number of phosphoric acid groups is 1. The Kier molecular flexibility index (Phi) is 5.93. The number of aromatic nitrogens is 4. The van der Waals surface area contributed by atoms with Gasteiger partial charge in [-0.3, -0.25) is 18.1 Å². The Bertz CT molecular complexity index is 1520. The summed E-state index contributed by atoms with van der Waals surface area (Å²) in [4.78, 5) is 24.5. The molecule has 2 N–H and O–H groups in total. The van der Waals surface area contributed by atoms with Crippen molar-refractivity contribution < 1.29 is 45.9 Å². The molecule has 3 aliphatic rings. The van der Waals surface area contributed by atoms with Crippen molar-refractivity contribution in [1.82, 2.24) is 19.5 Å². The minimum Gasteiger partial charge on any atom is -0.424 e. The molecule has 0 aliphatic carbocycles. The molecule has 0 amide bonds. The third-order valence-corrected chi connectivity index (χ3v) is 8.58. The van der Waals surface area contributed by atoms with E-state index < -0.39 is 68.0 Å². The molecule has 0 saturated carbocycles. The van der Waals surface area contributed by atoms with Crippen molar-refractivity contribution in [2.45, 2.75) is 62.9 Å². The smallest absolute Gasteiger partial charge is 0.424 e. The average molecular weight is 567 g/mol. The van der Waals surface area contributed by atoms with Gasteiger partial charge < -0.3 is 19.9 Å². The van der Waals surface area contributed by atoms with Crippen molar-refractivity contribution in [2.24, 2.45) is 0 Å². The lowest BCUT2D eigenvalue weighted by molar-refractivity contribution is -0.0990. The number of nitrogen functional groups attached to an aromatic ring is 1. The van der Waals surface area contributed by atoms with E-state index in [1.165, 1.54) is 29.4 Å². The van der Waals surface area contributed by atoms with Gasteiger partial charge in [0.2, 0.25) is 0 Å². The summed E-state index contributed by atoms with van der Waals surface area (Å²) in [6, 6.07) is 3.64. The number of imidazole rings is 1. The second-order valence-corrected chi connectivity index (χ2v) is 11.8. The first-order chi connectivity index (χ1) is 18.4. The fraction of sp³-hybridized carbons (Fsp3) is 0.478. The van der Waals surface area contributed by atoms with Gasteiger partial charge in [0, 0.05) is 12.0 Å². The lowest BCUT2D eigenvalue weighted by atomic mass is 9.96. The third-order valence-electron chi connectivity index (χ3n) is 6.88. The number of nitrogens with zero attached hydrogens (tertiary/aromatic N) is 4. The van der Waals surface area contributed by atoms with Crippen LogP contribution >= 0.6 is 7.82 Å². The van der Waals surface area contributed by atoms with Crippen LogP contribution in [0.25, 0.3) is 11.2 Å². The van der Waals surface area contributed by atoms with Crippen LogP contribution in [-0.4, -0.2) is 55.7 Å². The van der Waals surface area contributed by atoms with Crippen molar-refractivity contribution in [3.05, 3.63) is 48.1 Å². The molecule has 1 aromatic carbocycles. The number of nitrogens with two attached hydrogens (primary N) is 1. The van der Waals surface area contributed by atoms with E-state index in [2.05, 4.69) is 15.0 Å². The summed E-state index contributed by atoms with van der Waals surface area (Å²) >= 11 is 0. The fourth-order valence-corrected chi connectivity index (χ4v) is 6.82. The molecule has 0 spiro atoms. The molecular formula is C23H24F2N5O8P. The second-order valence-electron chi connectivity index (χ2n) is 10.2. The van der Waals surface area contributed by atoms with E-state index >= 15 is 0 Å². The number of anilines is 1. The first-order valence-electron chi connectivity index (χ1n) is 11.9. The van der Waals surface area contributed by atoms with Gasteiger partial charge in [-0.15, -0.1) is 0 Å². The standard InChI is InChI=1S/C23H24F2N5O8P/c1-22(2)7-13(11-5-4-6-12(24)15(11)25)37-39(32,38-22)33-8-14-17-23(3,36-21(31)35-17)20(34-14)30-10-29-16-18(26)27-9-28-19(16)30/h4-6,9-10,13-14,17,20H,7-8H2,1-3H3,(H2,26,27,28)/t13?,14-,17-,20-,23-,39?/m1/s1. The number of fused-ring (bicyclic) bond motifs is 2. The van der Waals surface area contributed by atoms with Crippen molar-refractivity contribution in [2.75, 3.05) is 12.3 Å². The normalized spacial score (nSPS) is 33.6. The number of ether oxygens (including phenoxy) is 3. The molecule has 5 heterocycles. The highest BCUT2D eigenvalue weighted by atomic mass is 31.2. The van der Waals surface area contributed by atoms with Gasteiger partial charge in [-0.05, 0) is 26.8 Å². The molecule has 16 heteroatoms. The van der Waals surface area contributed by atoms with Crippen molar-refractivity contribution in [1.29, 1.82) is 0 Å². The molecule has 3 fully saturated rings. The van der Waals surface area contributed by atoms with Gasteiger partial charge in [0.25, 0.3) is 0 Å². The monoisotopic (exact) mass is 567 g/mol. The first-order valence-corrected chi connectivity index (χ1v) is 13.4. The number of carbonyl (C=O) groups excluding carboxylic acids is 1. The summed E-state index contributed by atoms with van der Waals surface area (Å²) in [6.45, 7) is 4.42. The number of hydrogen-bond acceptors (Lipinski definition) is 12. The van der Waals surface area contributed by atoms with Crippen LogP contribution in [0, 0.1) is 11.6 Å². The van der Waals surface area contributed by atoms with Crippen LogP contribution in [0.4, 0.5) is 19.4 Å². The average Bonchev–Trinajstić information content (AvgIpc) is 3.48.